The van der Waals surface area contributed by atoms with Gasteiger partial charge in [0.2, 0.25) is 11.8 Å². The lowest BCUT2D eigenvalue weighted by Gasteiger charge is -2.29. The van der Waals surface area contributed by atoms with Crippen LogP contribution in [-0.4, -0.2) is 35.3 Å². The molecule has 3 N–H and O–H groups in total. The van der Waals surface area contributed by atoms with Gasteiger partial charge < -0.3 is 16.0 Å². The molecule has 8 heteroatoms. The van der Waals surface area contributed by atoms with Gasteiger partial charge in [-0.3, -0.25) is 9.59 Å². The van der Waals surface area contributed by atoms with E-state index in [1.165, 1.54) is 12.1 Å². The summed E-state index contributed by atoms with van der Waals surface area (Å²) in [6, 6.07) is 2.67. The predicted octanol–water partition coefficient (Wildman–Crippen LogP) is 2.76. The van der Waals surface area contributed by atoms with E-state index < -0.39 is 17.7 Å². The summed E-state index contributed by atoms with van der Waals surface area (Å²) in [5, 5.41) is 2.57. The van der Waals surface area contributed by atoms with Crippen LogP contribution in [0.4, 0.5) is 8.78 Å². The fraction of sp³-hybridized carbons (Fsp3) is 0.579. The maximum atomic E-state index is 14.0. The molecule has 0 saturated heterocycles. The number of halogens is 3. The van der Waals surface area contributed by atoms with Gasteiger partial charge >= 0.3 is 0 Å². The highest BCUT2D eigenvalue weighted by molar-refractivity contribution is 5.87. The third kappa shape index (κ3) is 6.43. The quantitative estimate of drug-likeness (QED) is 0.735. The van der Waals surface area contributed by atoms with Crippen LogP contribution in [0, 0.1) is 17.6 Å². The molecule has 1 saturated carbocycles. The van der Waals surface area contributed by atoms with Crippen molar-refractivity contribution in [2.75, 3.05) is 6.54 Å². The predicted molar refractivity (Wildman–Crippen MR) is 102 cm³/mol. The minimum absolute atomic E-state index is 0. The Hall–Kier alpha value is -1.73. The topological polar surface area (TPSA) is 75.4 Å². The highest BCUT2D eigenvalue weighted by Gasteiger charge is 2.28. The van der Waals surface area contributed by atoms with E-state index in [0.29, 0.717) is 0 Å². The molecule has 1 fully saturated rings. The van der Waals surface area contributed by atoms with Crippen LogP contribution in [0.2, 0.25) is 0 Å². The highest BCUT2D eigenvalue weighted by Crippen LogP contribution is 2.25. The number of carbonyl (C=O) groups excluding carboxylic acids is 2. The number of carbonyl (C=O) groups is 2. The first-order valence-electron chi connectivity index (χ1n) is 9.06. The molecule has 1 aromatic carbocycles. The summed E-state index contributed by atoms with van der Waals surface area (Å²) < 4.78 is 27.1. The normalized spacial score (nSPS) is 15.3. The van der Waals surface area contributed by atoms with Crippen molar-refractivity contribution in [3.63, 3.8) is 0 Å². The second-order valence-electron chi connectivity index (χ2n) is 7.18. The number of hydrogen-bond donors (Lipinski definition) is 2. The molecule has 27 heavy (non-hydrogen) atoms. The first-order valence-corrected chi connectivity index (χ1v) is 9.06. The Morgan fingerprint density at radius 3 is 2.44 bits per heavy atom. The summed E-state index contributed by atoms with van der Waals surface area (Å²) in [5.41, 5.74) is 6.04. The average Bonchev–Trinajstić information content (AvgIpc) is 3.12. The number of rotatable bonds is 7. The Labute approximate surface area is 165 Å². The monoisotopic (exact) mass is 403 g/mol. The standard InChI is InChI=1S/C19H27F2N3O2.ClH/c1-12(2)18(22)19(26)23-10-17(25)24(15-5-3-4-6-15)11-13-7-8-14(20)9-16(13)21;/h7-9,12,15,18H,3-6,10-11,22H2,1-2H3,(H,23,26);1H/t18-;/m0./s1. The van der Waals surface area contributed by atoms with Crippen molar-refractivity contribution in [3.8, 4) is 0 Å². The van der Waals surface area contributed by atoms with Crippen LogP contribution in [-0.2, 0) is 16.1 Å². The van der Waals surface area contributed by atoms with E-state index in [4.69, 9.17) is 5.73 Å². The molecule has 1 atom stereocenters. The Bertz CT molecular complexity index is 652. The molecule has 0 bridgehead atoms. The second kappa shape index (κ2) is 10.6. The SMILES string of the molecule is CC(C)[C@H](N)C(=O)NCC(=O)N(Cc1ccc(F)cc1F)C1CCCC1.Cl. The number of nitrogens with two attached hydrogens (primary N) is 1. The lowest BCUT2D eigenvalue weighted by atomic mass is 10.1. The van der Waals surface area contributed by atoms with Crippen LogP contribution in [0.5, 0.6) is 0 Å². The van der Waals surface area contributed by atoms with Crippen molar-refractivity contribution < 1.29 is 18.4 Å². The molecule has 0 spiro atoms. The number of amides is 2. The third-order valence-electron chi connectivity index (χ3n) is 4.88. The molecular weight excluding hydrogens is 376 g/mol. The smallest absolute Gasteiger partial charge is 0.242 e. The zero-order valence-electron chi connectivity index (χ0n) is 15.7. The number of benzene rings is 1. The third-order valence-corrected chi connectivity index (χ3v) is 4.88. The lowest BCUT2D eigenvalue weighted by Crippen LogP contribution is -2.49. The van der Waals surface area contributed by atoms with Gasteiger partial charge in [0, 0.05) is 24.2 Å². The van der Waals surface area contributed by atoms with Gasteiger partial charge in [0.05, 0.1) is 12.6 Å². The van der Waals surface area contributed by atoms with E-state index in [1.54, 1.807) is 4.90 Å². The van der Waals surface area contributed by atoms with E-state index in [2.05, 4.69) is 5.32 Å². The van der Waals surface area contributed by atoms with Gasteiger partial charge in [-0.25, -0.2) is 8.78 Å². The summed E-state index contributed by atoms with van der Waals surface area (Å²) >= 11 is 0. The maximum absolute atomic E-state index is 14.0. The minimum atomic E-state index is -0.683. The molecule has 0 heterocycles. The molecule has 2 amide bonds. The van der Waals surface area contributed by atoms with E-state index in [1.807, 2.05) is 13.8 Å². The second-order valence-corrected chi connectivity index (χ2v) is 7.18. The van der Waals surface area contributed by atoms with Gasteiger partial charge in [0.1, 0.15) is 11.6 Å². The zero-order valence-corrected chi connectivity index (χ0v) is 16.5. The summed E-state index contributed by atoms with van der Waals surface area (Å²) in [6.45, 7) is 3.53. The molecule has 1 aromatic rings. The van der Waals surface area contributed by atoms with Crippen LogP contribution >= 0.6 is 12.4 Å². The Morgan fingerprint density at radius 1 is 1.26 bits per heavy atom. The van der Waals surface area contributed by atoms with Crippen molar-refractivity contribution >= 4 is 24.2 Å². The molecule has 0 aromatic heterocycles. The first kappa shape index (κ1) is 23.3. The van der Waals surface area contributed by atoms with Crippen molar-refractivity contribution in [2.45, 2.75) is 58.2 Å². The Kier molecular flexibility index (Phi) is 9.12. The van der Waals surface area contributed by atoms with Gasteiger partial charge in [0.25, 0.3) is 0 Å². The van der Waals surface area contributed by atoms with E-state index in [0.717, 1.165) is 31.7 Å². The molecule has 2 rings (SSSR count). The fourth-order valence-corrected chi connectivity index (χ4v) is 3.16. The van der Waals surface area contributed by atoms with Crippen molar-refractivity contribution in [1.82, 2.24) is 10.2 Å². The number of nitrogens with zero attached hydrogens (tertiary/aromatic N) is 1. The maximum Gasteiger partial charge on any atom is 0.242 e. The van der Waals surface area contributed by atoms with Gasteiger partial charge in [0.15, 0.2) is 0 Å². The van der Waals surface area contributed by atoms with Crippen LogP contribution < -0.4 is 11.1 Å². The van der Waals surface area contributed by atoms with Gasteiger partial charge in [-0.2, -0.15) is 0 Å². The van der Waals surface area contributed by atoms with Crippen molar-refractivity contribution in [2.24, 2.45) is 11.7 Å². The molecule has 152 valence electrons. The summed E-state index contributed by atoms with van der Waals surface area (Å²) in [4.78, 5) is 26.2. The van der Waals surface area contributed by atoms with Crippen LogP contribution in [0.15, 0.2) is 18.2 Å². The lowest BCUT2D eigenvalue weighted by molar-refractivity contribution is -0.135. The molecule has 1 aliphatic rings. The molecule has 0 unspecified atom stereocenters. The zero-order chi connectivity index (χ0) is 19.3. The fourth-order valence-electron chi connectivity index (χ4n) is 3.16. The summed E-state index contributed by atoms with van der Waals surface area (Å²) in [6.07, 6.45) is 3.69. The highest BCUT2D eigenvalue weighted by atomic mass is 35.5. The van der Waals surface area contributed by atoms with E-state index in [9.17, 15) is 18.4 Å². The van der Waals surface area contributed by atoms with Crippen LogP contribution in [0.3, 0.4) is 0 Å². The molecule has 1 aliphatic carbocycles. The molecule has 0 radical (unpaired) electrons. The average molecular weight is 404 g/mol. The van der Waals surface area contributed by atoms with Gasteiger partial charge in [-0.1, -0.05) is 32.8 Å². The Morgan fingerprint density at radius 2 is 1.89 bits per heavy atom. The number of nitrogens with one attached hydrogen (secondary N) is 1. The van der Waals surface area contributed by atoms with Crippen molar-refractivity contribution in [1.29, 1.82) is 0 Å². The molecule has 5 nitrogen and oxygen atoms in total. The molecular formula is C19H28ClF2N3O2. The van der Waals surface area contributed by atoms with Gasteiger partial charge in [-0.15, -0.1) is 12.4 Å². The van der Waals surface area contributed by atoms with Crippen LogP contribution in [0.25, 0.3) is 0 Å². The van der Waals surface area contributed by atoms with Crippen molar-refractivity contribution in [3.05, 3.63) is 35.4 Å². The molecule has 0 aliphatic heterocycles. The summed E-state index contributed by atoms with van der Waals surface area (Å²) in [7, 11) is 0. The Balaban J connectivity index is 0.00000364. The first-order chi connectivity index (χ1) is 12.3. The number of hydrogen-bond acceptors (Lipinski definition) is 3. The van der Waals surface area contributed by atoms with Gasteiger partial charge in [-0.05, 0) is 24.8 Å². The summed E-state index contributed by atoms with van der Waals surface area (Å²) in [5.74, 6) is -2.03. The van der Waals surface area contributed by atoms with Crippen LogP contribution in [0.1, 0.15) is 45.1 Å². The van der Waals surface area contributed by atoms with E-state index in [-0.39, 0.29) is 54.8 Å². The largest absolute Gasteiger partial charge is 0.346 e. The van der Waals surface area contributed by atoms with E-state index >= 15 is 0 Å². The minimum Gasteiger partial charge on any atom is -0.346 e.